The number of aromatic nitrogens is 1. The third-order valence-electron chi connectivity index (χ3n) is 2.54. The zero-order chi connectivity index (χ0) is 15.4. The van der Waals surface area contributed by atoms with Crippen LogP contribution in [0.2, 0.25) is 5.02 Å². The van der Waals surface area contributed by atoms with Crippen molar-refractivity contribution < 1.29 is 14.7 Å². The predicted molar refractivity (Wildman–Crippen MR) is 75.3 cm³/mol. The van der Waals surface area contributed by atoms with E-state index in [1.54, 1.807) is 0 Å². The van der Waals surface area contributed by atoms with E-state index in [1.165, 1.54) is 36.4 Å². The minimum Gasteiger partial charge on any atom is -0.477 e. The van der Waals surface area contributed by atoms with Gasteiger partial charge < -0.3 is 10.4 Å². The molecule has 2 aromatic rings. The fourth-order valence-electron chi connectivity index (χ4n) is 1.56. The van der Waals surface area contributed by atoms with Gasteiger partial charge >= 0.3 is 5.97 Å². The molecule has 0 aliphatic rings. The van der Waals surface area contributed by atoms with E-state index in [4.69, 9.17) is 22.0 Å². The number of rotatable bonds is 3. The Kier molecular flexibility index (Phi) is 4.16. The number of hydrogen-bond donors (Lipinski definition) is 2. The second-order valence-electron chi connectivity index (χ2n) is 3.97. The maximum Gasteiger partial charge on any atom is 0.354 e. The third kappa shape index (κ3) is 3.35. The molecule has 1 amide bonds. The van der Waals surface area contributed by atoms with Crippen LogP contribution in [0.3, 0.4) is 0 Å². The van der Waals surface area contributed by atoms with Crippen molar-refractivity contribution in [1.82, 2.24) is 4.98 Å². The van der Waals surface area contributed by atoms with Gasteiger partial charge in [0.2, 0.25) is 0 Å². The van der Waals surface area contributed by atoms with Gasteiger partial charge in [-0.2, -0.15) is 5.26 Å². The minimum atomic E-state index is -1.23. The van der Waals surface area contributed by atoms with Crippen LogP contribution < -0.4 is 5.32 Å². The maximum absolute atomic E-state index is 12.0. The normalized spacial score (nSPS) is 9.71. The van der Waals surface area contributed by atoms with Crippen molar-refractivity contribution in [3.05, 3.63) is 58.4 Å². The Labute approximate surface area is 124 Å². The van der Waals surface area contributed by atoms with Gasteiger partial charge in [0.15, 0.2) is 0 Å². The minimum absolute atomic E-state index is 0.0617. The van der Waals surface area contributed by atoms with Gasteiger partial charge in [0, 0.05) is 0 Å². The Balaban J connectivity index is 2.28. The molecule has 1 aromatic heterocycles. The molecule has 104 valence electrons. The summed E-state index contributed by atoms with van der Waals surface area (Å²) in [6.45, 7) is 0. The van der Waals surface area contributed by atoms with Crippen molar-refractivity contribution in [2.45, 2.75) is 0 Å². The van der Waals surface area contributed by atoms with E-state index in [0.717, 1.165) is 0 Å². The number of carboxylic acids is 1. The predicted octanol–water partition coefficient (Wildman–Crippen LogP) is 2.56. The van der Waals surface area contributed by atoms with E-state index >= 15 is 0 Å². The van der Waals surface area contributed by atoms with Crippen LogP contribution in [0, 0.1) is 11.3 Å². The monoisotopic (exact) mass is 301 g/mol. The number of aromatic carboxylic acids is 1. The van der Waals surface area contributed by atoms with Crippen molar-refractivity contribution in [3.63, 3.8) is 0 Å². The van der Waals surface area contributed by atoms with Crippen LogP contribution >= 0.6 is 11.6 Å². The lowest BCUT2D eigenvalue weighted by molar-refractivity contribution is 0.0690. The van der Waals surface area contributed by atoms with Crippen molar-refractivity contribution in [3.8, 4) is 6.07 Å². The third-order valence-corrected chi connectivity index (χ3v) is 2.87. The number of nitriles is 1. The van der Waals surface area contributed by atoms with E-state index in [-0.39, 0.29) is 22.1 Å². The molecule has 0 fully saturated rings. The van der Waals surface area contributed by atoms with Crippen LogP contribution in [-0.4, -0.2) is 22.0 Å². The molecule has 6 nitrogen and oxygen atoms in total. The SMILES string of the molecule is N#Cc1ccc(Cl)c(NC(=O)c2cccc(C(=O)O)n2)c1. The summed E-state index contributed by atoms with van der Waals surface area (Å²) in [6.07, 6.45) is 0. The molecule has 0 bridgehead atoms. The van der Waals surface area contributed by atoms with Crippen LogP contribution in [0.4, 0.5) is 5.69 Å². The average molecular weight is 302 g/mol. The number of halogens is 1. The molecular weight excluding hydrogens is 294 g/mol. The van der Waals surface area contributed by atoms with Crippen molar-refractivity contribution in [2.24, 2.45) is 0 Å². The Morgan fingerprint density at radius 3 is 2.62 bits per heavy atom. The number of anilines is 1. The summed E-state index contributed by atoms with van der Waals surface area (Å²) in [5.41, 5.74) is 0.290. The van der Waals surface area contributed by atoms with E-state index in [2.05, 4.69) is 10.3 Å². The quantitative estimate of drug-likeness (QED) is 0.906. The van der Waals surface area contributed by atoms with Crippen molar-refractivity contribution in [1.29, 1.82) is 5.26 Å². The lowest BCUT2D eigenvalue weighted by atomic mass is 10.2. The number of benzene rings is 1. The number of hydrogen-bond acceptors (Lipinski definition) is 4. The van der Waals surface area contributed by atoms with Gasteiger partial charge in [0.1, 0.15) is 11.4 Å². The first-order valence-corrected chi connectivity index (χ1v) is 6.10. The molecule has 0 atom stereocenters. The second kappa shape index (κ2) is 6.03. The highest BCUT2D eigenvalue weighted by atomic mass is 35.5. The molecule has 1 heterocycles. The molecule has 0 spiro atoms. The molecule has 0 aliphatic carbocycles. The highest BCUT2D eigenvalue weighted by molar-refractivity contribution is 6.34. The number of carboxylic acid groups (broad SMARTS) is 1. The van der Waals surface area contributed by atoms with Crippen molar-refractivity contribution >= 4 is 29.2 Å². The fourth-order valence-corrected chi connectivity index (χ4v) is 1.72. The molecule has 2 N–H and O–H groups in total. The topological polar surface area (TPSA) is 103 Å². The fraction of sp³-hybridized carbons (Fsp3) is 0. The van der Waals surface area contributed by atoms with Gasteiger partial charge in [-0.05, 0) is 30.3 Å². The van der Waals surface area contributed by atoms with E-state index in [1.807, 2.05) is 6.07 Å². The smallest absolute Gasteiger partial charge is 0.354 e. The summed E-state index contributed by atoms with van der Waals surface area (Å²) < 4.78 is 0. The van der Waals surface area contributed by atoms with Gasteiger partial charge in [-0.25, -0.2) is 9.78 Å². The van der Waals surface area contributed by atoms with Crippen LogP contribution in [0.5, 0.6) is 0 Å². The van der Waals surface area contributed by atoms with E-state index < -0.39 is 11.9 Å². The molecular formula is C14H8ClN3O3. The summed E-state index contributed by atoms with van der Waals surface area (Å²) in [6, 6.07) is 10.4. The van der Waals surface area contributed by atoms with Crippen LogP contribution in [-0.2, 0) is 0 Å². The number of carbonyl (C=O) groups excluding carboxylic acids is 1. The second-order valence-corrected chi connectivity index (χ2v) is 4.38. The molecule has 0 radical (unpaired) electrons. The number of carbonyl (C=O) groups is 2. The summed E-state index contributed by atoms with van der Waals surface area (Å²) in [7, 11) is 0. The van der Waals surface area contributed by atoms with Gasteiger partial charge in [-0.1, -0.05) is 17.7 Å². The first-order chi connectivity index (χ1) is 10.0. The largest absolute Gasteiger partial charge is 0.477 e. The molecule has 0 saturated heterocycles. The standard InChI is InChI=1S/C14H8ClN3O3/c15-9-5-4-8(7-16)6-12(9)18-13(19)10-2-1-3-11(17-10)14(20)21/h1-6H,(H,18,19)(H,20,21). The molecule has 21 heavy (non-hydrogen) atoms. The molecule has 7 heteroatoms. The Hall–Kier alpha value is -2.91. The number of pyridine rings is 1. The molecule has 1 aromatic carbocycles. The van der Waals surface area contributed by atoms with Crippen molar-refractivity contribution in [2.75, 3.05) is 5.32 Å². The Morgan fingerprint density at radius 2 is 1.95 bits per heavy atom. The maximum atomic E-state index is 12.0. The Bertz CT molecular complexity index is 768. The first-order valence-electron chi connectivity index (χ1n) is 5.72. The number of nitrogens with zero attached hydrogens (tertiary/aromatic N) is 2. The lowest BCUT2D eigenvalue weighted by Crippen LogP contribution is -2.15. The van der Waals surface area contributed by atoms with E-state index in [0.29, 0.717) is 5.56 Å². The summed E-state index contributed by atoms with van der Waals surface area (Å²) in [4.78, 5) is 26.6. The van der Waals surface area contributed by atoms with Gasteiger partial charge in [-0.3, -0.25) is 4.79 Å². The van der Waals surface area contributed by atoms with Gasteiger partial charge in [-0.15, -0.1) is 0 Å². The molecule has 0 saturated carbocycles. The summed E-state index contributed by atoms with van der Waals surface area (Å²) in [5.74, 6) is -1.84. The molecule has 0 aliphatic heterocycles. The van der Waals surface area contributed by atoms with E-state index in [9.17, 15) is 9.59 Å². The summed E-state index contributed by atoms with van der Waals surface area (Å²) in [5, 5.41) is 20.4. The molecule has 0 unspecified atom stereocenters. The summed E-state index contributed by atoms with van der Waals surface area (Å²) >= 11 is 5.93. The average Bonchev–Trinajstić information content (AvgIpc) is 2.49. The van der Waals surface area contributed by atoms with Gasteiger partial charge in [0.25, 0.3) is 5.91 Å². The van der Waals surface area contributed by atoms with Crippen LogP contribution in [0.15, 0.2) is 36.4 Å². The van der Waals surface area contributed by atoms with Crippen LogP contribution in [0.1, 0.15) is 26.5 Å². The van der Waals surface area contributed by atoms with Gasteiger partial charge in [0.05, 0.1) is 22.3 Å². The highest BCUT2D eigenvalue weighted by Gasteiger charge is 2.13. The number of amides is 1. The van der Waals surface area contributed by atoms with Crippen LogP contribution in [0.25, 0.3) is 0 Å². The first kappa shape index (κ1) is 14.5. The molecule has 2 rings (SSSR count). The zero-order valence-corrected chi connectivity index (χ0v) is 11.3. The lowest BCUT2D eigenvalue weighted by Gasteiger charge is -2.07. The number of nitrogens with one attached hydrogen (secondary N) is 1. The Morgan fingerprint density at radius 1 is 1.24 bits per heavy atom. The zero-order valence-electron chi connectivity index (χ0n) is 10.5. The highest BCUT2D eigenvalue weighted by Crippen LogP contribution is 2.23.